The number of para-hydroxylation sites is 1. The molecule has 2 aromatic carbocycles. The monoisotopic (exact) mass is 384 g/mol. The van der Waals surface area contributed by atoms with Crippen LogP contribution in [-0.2, 0) is 9.59 Å². The van der Waals surface area contributed by atoms with Gasteiger partial charge in [-0.3, -0.25) is 14.5 Å². The van der Waals surface area contributed by atoms with E-state index in [1.807, 2.05) is 30.0 Å². The van der Waals surface area contributed by atoms with Gasteiger partial charge in [0.25, 0.3) is 0 Å². The zero-order chi connectivity index (χ0) is 19.9. The fraction of sp³-hybridized carbons (Fsp3) is 0.333. The van der Waals surface area contributed by atoms with Crippen LogP contribution in [0.15, 0.2) is 48.5 Å². The lowest BCUT2D eigenvalue weighted by atomic mass is 10.2. The van der Waals surface area contributed by atoms with Gasteiger partial charge in [0.2, 0.25) is 0 Å². The van der Waals surface area contributed by atoms with E-state index in [9.17, 15) is 14.0 Å². The van der Waals surface area contributed by atoms with E-state index in [1.54, 1.807) is 24.3 Å². The summed E-state index contributed by atoms with van der Waals surface area (Å²) in [6.45, 7) is 5.96. The molecule has 0 saturated carbocycles. The highest BCUT2D eigenvalue weighted by atomic mass is 19.1. The van der Waals surface area contributed by atoms with Gasteiger partial charge in [0.15, 0.2) is 0 Å². The molecule has 0 radical (unpaired) electrons. The van der Waals surface area contributed by atoms with Crippen LogP contribution in [0, 0.1) is 12.7 Å². The third kappa shape index (κ3) is 5.29. The van der Waals surface area contributed by atoms with Crippen LogP contribution in [0.1, 0.15) is 5.56 Å². The van der Waals surface area contributed by atoms with Crippen molar-refractivity contribution in [1.82, 2.24) is 10.2 Å². The van der Waals surface area contributed by atoms with Crippen LogP contribution < -0.4 is 15.5 Å². The summed E-state index contributed by atoms with van der Waals surface area (Å²) in [5, 5.41) is 5.24. The second-order valence-corrected chi connectivity index (χ2v) is 6.86. The molecule has 0 aromatic heterocycles. The number of nitrogens with zero attached hydrogens (tertiary/aromatic N) is 2. The standard InChI is InChI=1S/C21H25FN4O2/c1-16-5-4-6-17(15-16)24-21(28)20(27)23-9-10-25-11-13-26(14-12-25)19-8-3-2-7-18(19)22/h2-8,15H,9-14H2,1H3,(H,23,27)(H,24,28). The Hall–Kier alpha value is -2.93. The lowest BCUT2D eigenvalue weighted by molar-refractivity contribution is -0.136. The highest BCUT2D eigenvalue weighted by Gasteiger charge is 2.19. The average Bonchev–Trinajstić information content (AvgIpc) is 2.69. The Bertz CT molecular complexity index is 835. The van der Waals surface area contributed by atoms with Crippen LogP contribution in [0.2, 0.25) is 0 Å². The molecule has 0 aliphatic carbocycles. The van der Waals surface area contributed by atoms with E-state index in [0.29, 0.717) is 24.5 Å². The molecule has 1 aliphatic rings. The maximum atomic E-state index is 13.9. The number of anilines is 2. The lowest BCUT2D eigenvalue weighted by Crippen LogP contribution is -2.49. The second-order valence-electron chi connectivity index (χ2n) is 6.86. The fourth-order valence-electron chi connectivity index (χ4n) is 3.24. The SMILES string of the molecule is Cc1cccc(NC(=O)C(=O)NCCN2CCN(c3ccccc3F)CC2)c1. The van der Waals surface area contributed by atoms with Crippen molar-refractivity contribution < 1.29 is 14.0 Å². The summed E-state index contributed by atoms with van der Waals surface area (Å²) >= 11 is 0. The Kier molecular flexibility index (Phi) is 6.60. The van der Waals surface area contributed by atoms with Gasteiger partial charge in [-0.25, -0.2) is 4.39 Å². The molecule has 2 aromatic rings. The molecule has 2 N–H and O–H groups in total. The fourth-order valence-corrected chi connectivity index (χ4v) is 3.24. The van der Waals surface area contributed by atoms with E-state index in [2.05, 4.69) is 15.5 Å². The number of carbonyl (C=O) groups is 2. The number of benzene rings is 2. The average molecular weight is 384 g/mol. The van der Waals surface area contributed by atoms with Gasteiger partial charge in [-0.1, -0.05) is 24.3 Å². The van der Waals surface area contributed by atoms with E-state index in [-0.39, 0.29) is 5.82 Å². The van der Waals surface area contributed by atoms with Crippen LogP contribution in [0.25, 0.3) is 0 Å². The smallest absolute Gasteiger partial charge is 0.313 e. The van der Waals surface area contributed by atoms with Crippen molar-refractivity contribution in [2.45, 2.75) is 6.92 Å². The predicted molar refractivity (Wildman–Crippen MR) is 108 cm³/mol. The van der Waals surface area contributed by atoms with Gasteiger partial charge in [-0.2, -0.15) is 0 Å². The molecule has 3 rings (SSSR count). The maximum Gasteiger partial charge on any atom is 0.313 e. The Morgan fingerprint density at radius 1 is 1.00 bits per heavy atom. The molecular formula is C21H25FN4O2. The summed E-state index contributed by atoms with van der Waals surface area (Å²) in [6.07, 6.45) is 0. The van der Waals surface area contributed by atoms with E-state index < -0.39 is 11.8 Å². The van der Waals surface area contributed by atoms with Gasteiger partial charge < -0.3 is 15.5 Å². The molecule has 6 nitrogen and oxygen atoms in total. The number of piperazine rings is 1. The molecule has 0 bridgehead atoms. The largest absolute Gasteiger partial charge is 0.367 e. The Balaban J connectivity index is 1.38. The summed E-state index contributed by atoms with van der Waals surface area (Å²) in [6, 6.07) is 14.1. The molecule has 0 atom stereocenters. The van der Waals surface area contributed by atoms with E-state index >= 15 is 0 Å². The minimum Gasteiger partial charge on any atom is -0.367 e. The number of hydrogen-bond acceptors (Lipinski definition) is 4. The molecule has 0 unspecified atom stereocenters. The van der Waals surface area contributed by atoms with Gasteiger partial charge in [-0.15, -0.1) is 0 Å². The third-order valence-electron chi connectivity index (χ3n) is 4.76. The van der Waals surface area contributed by atoms with Gasteiger partial charge in [-0.05, 0) is 36.8 Å². The molecule has 1 heterocycles. The highest BCUT2D eigenvalue weighted by Crippen LogP contribution is 2.19. The number of amides is 2. The molecule has 1 saturated heterocycles. The number of aryl methyl sites for hydroxylation is 1. The van der Waals surface area contributed by atoms with Crippen LogP contribution in [0.3, 0.4) is 0 Å². The van der Waals surface area contributed by atoms with Gasteiger partial charge >= 0.3 is 11.8 Å². The zero-order valence-electron chi connectivity index (χ0n) is 16.0. The Morgan fingerprint density at radius 2 is 1.75 bits per heavy atom. The van der Waals surface area contributed by atoms with Crippen molar-refractivity contribution in [3.05, 3.63) is 59.9 Å². The van der Waals surface area contributed by atoms with Crippen molar-refractivity contribution in [3.63, 3.8) is 0 Å². The third-order valence-corrected chi connectivity index (χ3v) is 4.76. The number of carbonyl (C=O) groups excluding carboxylic acids is 2. The van der Waals surface area contributed by atoms with E-state index in [4.69, 9.17) is 0 Å². The minimum atomic E-state index is -0.671. The first-order valence-corrected chi connectivity index (χ1v) is 9.40. The van der Waals surface area contributed by atoms with E-state index in [0.717, 1.165) is 31.7 Å². The normalized spacial score (nSPS) is 14.6. The molecule has 1 aliphatic heterocycles. The zero-order valence-corrected chi connectivity index (χ0v) is 16.0. The highest BCUT2D eigenvalue weighted by molar-refractivity contribution is 6.39. The number of hydrogen-bond donors (Lipinski definition) is 2. The topological polar surface area (TPSA) is 64.7 Å². The van der Waals surface area contributed by atoms with Gasteiger partial charge in [0.05, 0.1) is 5.69 Å². The summed E-state index contributed by atoms with van der Waals surface area (Å²) in [7, 11) is 0. The van der Waals surface area contributed by atoms with Crippen molar-refractivity contribution in [2.24, 2.45) is 0 Å². The Morgan fingerprint density at radius 3 is 2.46 bits per heavy atom. The number of halogens is 1. The quantitative estimate of drug-likeness (QED) is 0.774. The molecule has 2 amide bonds. The summed E-state index contributed by atoms with van der Waals surface area (Å²) in [4.78, 5) is 28.1. The lowest BCUT2D eigenvalue weighted by Gasteiger charge is -2.36. The summed E-state index contributed by atoms with van der Waals surface area (Å²) in [5.74, 6) is -1.52. The number of rotatable bonds is 5. The van der Waals surface area contributed by atoms with Crippen molar-refractivity contribution >= 4 is 23.2 Å². The van der Waals surface area contributed by atoms with Crippen molar-refractivity contribution in [2.75, 3.05) is 49.5 Å². The maximum absolute atomic E-state index is 13.9. The summed E-state index contributed by atoms with van der Waals surface area (Å²) in [5.41, 5.74) is 2.24. The van der Waals surface area contributed by atoms with Gasteiger partial charge in [0, 0.05) is 45.0 Å². The van der Waals surface area contributed by atoms with Crippen LogP contribution >= 0.6 is 0 Å². The molecule has 28 heavy (non-hydrogen) atoms. The van der Waals surface area contributed by atoms with E-state index in [1.165, 1.54) is 6.07 Å². The molecular weight excluding hydrogens is 359 g/mol. The van der Waals surface area contributed by atoms with Crippen LogP contribution in [0.5, 0.6) is 0 Å². The first-order valence-electron chi connectivity index (χ1n) is 9.40. The van der Waals surface area contributed by atoms with Crippen molar-refractivity contribution in [3.8, 4) is 0 Å². The van der Waals surface area contributed by atoms with Crippen LogP contribution in [-0.4, -0.2) is 56.0 Å². The van der Waals surface area contributed by atoms with Crippen LogP contribution in [0.4, 0.5) is 15.8 Å². The molecule has 0 spiro atoms. The molecule has 1 fully saturated rings. The van der Waals surface area contributed by atoms with Gasteiger partial charge in [0.1, 0.15) is 5.82 Å². The first kappa shape index (κ1) is 19.8. The predicted octanol–water partition coefficient (Wildman–Crippen LogP) is 2.01. The molecule has 7 heteroatoms. The van der Waals surface area contributed by atoms with Crippen molar-refractivity contribution in [1.29, 1.82) is 0 Å². The second kappa shape index (κ2) is 9.32. The first-order chi connectivity index (χ1) is 13.5. The Labute approximate surface area is 164 Å². The number of nitrogens with one attached hydrogen (secondary N) is 2. The molecule has 148 valence electrons. The summed E-state index contributed by atoms with van der Waals surface area (Å²) < 4.78 is 13.9. The minimum absolute atomic E-state index is 0.206.